The summed E-state index contributed by atoms with van der Waals surface area (Å²) < 4.78 is 45.5. The van der Waals surface area contributed by atoms with Crippen molar-refractivity contribution in [1.29, 1.82) is 0 Å². The molecule has 0 aromatic heterocycles. The highest BCUT2D eigenvalue weighted by Gasteiger charge is 2.28. The minimum Gasteiger partial charge on any atom is -0.497 e. The van der Waals surface area contributed by atoms with Gasteiger partial charge in [-0.25, -0.2) is 0 Å². The van der Waals surface area contributed by atoms with Gasteiger partial charge in [-0.15, -0.1) is 0 Å². The molecule has 0 spiro atoms. The number of methoxy groups -OCH3 is 1. The van der Waals surface area contributed by atoms with Gasteiger partial charge in [0.15, 0.2) is 0 Å². The van der Waals surface area contributed by atoms with Crippen molar-refractivity contribution in [3.05, 3.63) is 28.2 Å². The van der Waals surface area contributed by atoms with E-state index in [4.69, 9.17) is 4.74 Å². The molecule has 0 aliphatic heterocycles. The maximum atomic E-state index is 11.9. The van der Waals surface area contributed by atoms with E-state index in [1.54, 1.807) is 18.2 Å². The van der Waals surface area contributed by atoms with Crippen LogP contribution in [-0.4, -0.2) is 31.6 Å². The largest absolute Gasteiger partial charge is 0.497 e. The Kier molecular flexibility index (Phi) is 5.43. The van der Waals surface area contributed by atoms with E-state index in [9.17, 15) is 18.3 Å². The average Bonchev–Trinajstić information content (AvgIpc) is 2.26. The van der Waals surface area contributed by atoms with Gasteiger partial charge in [-0.05, 0) is 17.7 Å². The highest BCUT2D eigenvalue weighted by atomic mass is 79.9. The summed E-state index contributed by atoms with van der Waals surface area (Å²) in [6.45, 7) is -1.80. The van der Waals surface area contributed by atoms with Crippen LogP contribution in [0.25, 0.3) is 0 Å². The summed E-state index contributed by atoms with van der Waals surface area (Å²) in [6, 6.07) is 4.78. The summed E-state index contributed by atoms with van der Waals surface area (Å²) in [7, 11) is 1.49. The van der Waals surface area contributed by atoms with Crippen LogP contribution >= 0.6 is 15.9 Å². The molecular weight excluding hydrogens is 317 g/mol. The quantitative estimate of drug-likeness (QED) is 0.902. The number of alkyl halides is 3. The second kappa shape index (κ2) is 6.40. The number of ether oxygens (including phenoxy) is 2. The lowest BCUT2D eigenvalue weighted by molar-refractivity contribution is -0.179. The molecule has 0 aliphatic rings. The van der Waals surface area contributed by atoms with Crippen LogP contribution in [0.15, 0.2) is 22.7 Å². The Morgan fingerprint density at radius 3 is 2.56 bits per heavy atom. The summed E-state index contributed by atoms with van der Waals surface area (Å²) in [6.07, 6.45) is -5.52. The van der Waals surface area contributed by atoms with E-state index in [1.807, 2.05) is 0 Å². The van der Waals surface area contributed by atoms with Gasteiger partial charge in [0, 0.05) is 4.47 Å². The van der Waals surface area contributed by atoms with Crippen LogP contribution in [0.4, 0.5) is 13.2 Å². The number of halogens is 4. The van der Waals surface area contributed by atoms with Crippen molar-refractivity contribution >= 4 is 15.9 Å². The van der Waals surface area contributed by atoms with E-state index in [0.29, 0.717) is 15.8 Å². The van der Waals surface area contributed by atoms with Gasteiger partial charge in [-0.1, -0.05) is 22.0 Å². The van der Waals surface area contributed by atoms with E-state index >= 15 is 0 Å². The molecule has 0 aliphatic carbocycles. The Labute approximate surface area is 111 Å². The topological polar surface area (TPSA) is 38.7 Å². The summed E-state index contributed by atoms with van der Waals surface area (Å²) in [5, 5.41) is 9.70. The fourth-order valence-electron chi connectivity index (χ4n) is 1.28. The van der Waals surface area contributed by atoms with E-state index in [0.717, 1.165) is 0 Å². The van der Waals surface area contributed by atoms with Crippen LogP contribution in [0, 0.1) is 0 Å². The van der Waals surface area contributed by atoms with Crippen LogP contribution < -0.4 is 4.74 Å². The smallest absolute Gasteiger partial charge is 0.411 e. The van der Waals surface area contributed by atoms with Crippen molar-refractivity contribution in [1.82, 2.24) is 0 Å². The lowest BCUT2D eigenvalue weighted by Gasteiger charge is -2.15. The molecule has 1 unspecified atom stereocenters. The molecular formula is C11H12BrF3O3. The first-order chi connectivity index (χ1) is 8.33. The molecule has 0 saturated heterocycles. The van der Waals surface area contributed by atoms with Crippen molar-refractivity contribution in [2.24, 2.45) is 0 Å². The van der Waals surface area contributed by atoms with Gasteiger partial charge < -0.3 is 14.6 Å². The zero-order valence-electron chi connectivity index (χ0n) is 9.50. The second-order valence-electron chi connectivity index (χ2n) is 3.53. The molecule has 1 aromatic carbocycles. The standard InChI is InChI=1S/C11H12BrF3O3/c1-17-7-2-3-8(9(12)4-7)10(16)5-18-6-11(13,14)15/h2-4,10,16H,5-6H2,1H3. The van der Waals surface area contributed by atoms with Crippen LogP contribution in [0.3, 0.4) is 0 Å². The zero-order chi connectivity index (χ0) is 13.8. The third-order valence-corrected chi connectivity index (χ3v) is 2.79. The molecule has 0 radical (unpaired) electrons. The van der Waals surface area contributed by atoms with E-state index in [1.165, 1.54) is 7.11 Å². The maximum Gasteiger partial charge on any atom is 0.411 e. The summed E-state index contributed by atoms with van der Waals surface area (Å²) >= 11 is 3.20. The zero-order valence-corrected chi connectivity index (χ0v) is 11.1. The first-order valence-corrected chi connectivity index (χ1v) is 5.79. The SMILES string of the molecule is COc1ccc(C(O)COCC(F)(F)F)c(Br)c1. The third kappa shape index (κ3) is 4.83. The Balaban J connectivity index is 2.59. The number of hydrogen-bond donors (Lipinski definition) is 1. The third-order valence-electron chi connectivity index (χ3n) is 2.11. The molecule has 1 atom stereocenters. The van der Waals surface area contributed by atoms with E-state index in [2.05, 4.69) is 20.7 Å². The molecule has 0 saturated carbocycles. The van der Waals surface area contributed by atoms with Crippen molar-refractivity contribution in [3.63, 3.8) is 0 Å². The molecule has 1 rings (SSSR count). The molecule has 0 bridgehead atoms. The number of hydrogen-bond acceptors (Lipinski definition) is 3. The predicted octanol–water partition coefficient (Wildman–Crippen LogP) is 3.07. The van der Waals surface area contributed by atoms with Gasteiger partial charge in [-0.3, -0.25) is 0 Å². The second-order valence-corrected chi connectivity index (χ2v) is 4.39. The first kappa shape index (κ1) is 15.3. The fraction of sp³-hybridized carbons (Fsp3) is 0.455. The minimum absolute atomic E-state index is 0.426. The highest BCUT2D eigenvalue weighted by Crippen LogP contribution is 2.28. The van der Waals surface area contributed by atoms with E-state index in [-0.39, 0.29) is 0 Å². The molecule has 1 aromatic rings. The normalized spacial score (nSPS) is 13.4. The predicted molar refractivity (Wildman–Crippen MR) is 62.5 cm³/mol. The van der Waals surface area contributed by atoms with Crippen molar-refractivity contribution in [2.45, 2.75) is 12.3 Å². The monoisotopic (exact) mass is 328 g/mol. The van der Waals surface area contributed by atoms with Gasteiger partial charge in [0.25, 0.3) is 0 Å². The van der Waals surface area contributed by atoms with Crippen molar-refractivity contribution in [3.8, 4) is 5.75 Å². The van der Waals surface area contributed by atoms with Crippen LogP contribution in [-0.2, 0) is 4.74 Å². The van der Waals surface area contributed by atoms with Gasteiger partial charge in [-0.2, -0.15) is 13.2 Å². The van der Waals surface area contributed by atoms with Crippen LogP contribution in [0.2, 0.25) is 0 Å². The molecule has 102 valence electrons. The Bertz CT molecular complexity index is 396. The van der Waals surface area contributed by atoms with Gasteiger partial charge in [0.2, 0.25) is 0 Å². The molecule has 1 N–H and O–H groups in total. The molecule has 18 heavy (non-hydrogen) atoms. The maximum absolute atomic E-state index is 11.9. The number of benzene rings is 1. The molecule has 3 nitrogen and oxygen atoms in total. The molecule has 0 amide bonds. The molecule has 7 heteroatoms. The number of aliphatic hydroxyl groups excluding tert-OH is 1. The first-order valence-electron chi connectivity index (χ1n) is 4.99. The lowest BCUT2D eigenvalue weighted by atomic mass is 10.1. The highest BCUT2D eigenvalue weighted by molar-refractivity contribution is 9.10. The lowest BCUT2D eigenvalue weighted by Crippen LogP contribution is -2.19. The van der Waals surface area contributed by atoms with Crippen molar-refractivity contribution < 1.29 is 27.8 Å². The summed E-state index contributed by atoms with van der Waals surface area (Å²) in [4.78, 5) is 0. The number of rotatable bonds is 5. The summed E-state index contributed by atoms with van der Waals surface area (Å²) in [5.41, 5.74) is 0.443. The Morgan fingerprint density at radius 1 is 1.39 bits per heavy atom. The van der Waals surface area contributed by atoms with Crippen molar-refractivity contribution in [2.75, 3.05) is 20.3 Å². The van der Waals surface area contributed by atoms with Gasteiger partial charge in [0.1, 0.15) is 18.5 Å². The molecule has 0 fully saturated rings. The van der Waals surface area contributed by atoms with Crippen LogP contribution in [0.5, 0.6) is 5.75 Å². The Hall–Kier alpha value is -0.790. The van der Waals surface area contributed by atoms with Crippen LogP contribution in [0.1, 0.15) is 11.7 Å². The Morgan fingerprint density at radius 2 is 2.06 bits per heavy atom. The average molecular weight is 329 g/mol. The minimum atomic E-state index is -4.39. The van der Waals surface area contributed by atoms with Gasteiger partial charge >= 0.3 is 6.18 Å². The summed E-state index contributed by atoms with van der Waals surface area (Å²) in [5.74, 6) is 0.578. The van der Waals surface area contributed by atoms with Gasteiger partial charge in [0.05, 0.1) is 13.7 Å². The number of aliphatic hydroxyl groups is 1. The fourth-order valence-corrected chi connectivity index (χ4v) is 1.90. The van der Waals surface area contributed by atoms with E-state index < -0.39 is 25.5 Å². The molecule has 0 heterocycles.